The third kappa shape index (κ3) is 4.54. The number of benzene rings is 1. The Kier molecular flexibility index (Phi) is 7.67. The molecule has 25 heavy (non-hydrogen) atoms. The van der Waals surface area contributed by atoms with Crippen molar-refractivity contribution in [1.82, 2.24) is 0 Å². The van der Waals surface area contributed by atoms with Crippen molar-refractivity contribution in [2.45, 2.75) is 65.2 Å². The summed E-state index contributed by atoms with van der Waals surface area (Å²) in [7, 11) is 0. The summed E-state index contributed by atoms with van der Waals surface area (Å²) in [5.74, 6) is 0.774. The first-order valence-electron chi connectivity index (χ1n) is 9.03. The van der Waals surface area contributed by atoms with Gasteiger partial charge in [0.2, 0.25) is 0 Å². The molecule has 0 aromatic heterocycles. The predicted octanol–water partition coefficient (Wildman–Crippen LogP) is 7.06. The van der Waals surface area contributed by atoms with Crippen LogP contribution in [0.2, 0.25) is 0 Å². The molecule has 0 bridgehead atoms. The van der Waals surface area contributed by atoms with E-state index in [0.717, 1.165) is 56.8 Å². The lowest BCUT2D eigenvalue weighted by Crippen LogP contribution is -2.18. The highest BCUT2D eigenvalue weighted by Gasteiger charge is 2.32. The van der Waals surface area contributed by atoms with Crippen LogP contribution in [0.25, 0.3) is 0 Å². The standard InChI is InChI=1S/C21H28I2O2/c1-5-6-7-8-15-18(22)20(24)17(21(25)19(15)23)16-11-13(4)9-10-14(16)12(2)3/h11,14,16,24-25H,2,5-10H2,1,3-4H3/t14-,16?/m0/s1. The van der Waals surface area contributed by atoms with Gasteiger partial charge in [0.1, 0.15) is 11.5 Å². The summed E-state index contributed by atoms with van der Waals surface area (Å²) in [5, 5.41) is 21.9. The van der Waals surface area contributed by atoms with Crippen molar-refractivity contribution in [2.75, 3.05) is 0 Å². The molecule has 1 aromatic carbocycles. The first kappa shape index (κ1) is 21.1. The van der Waals surface area contributed by atoms with E-state index in [1.165, 1.54) is 5.57 Å². The van der Waals surface area contributed by atoms with Crippen LogP contribution in [0.3, 0.4) is 0 Å². The minimum atomic E-state index is -0.00188. The maximum atomic E-state index is 10.9. The molecule has 1 aliphatic rings. The van der Waals surface area contributed by atoms with Crippen molar-refractivity contribution >= 4 is 45.2 Å². The van der Waals surface area contributed by atoms with E-state index < -0.39 is 0 Å². The Hall–Kier alpha value is -0.240. The lowest BCUT2D eigenvalue weighted by Gasteiger charge is -2.32. The van der Waals surface area contributed by atoms with Gasteiger partial charge in [-0.25, -0.2) is 0 Å². The molecule has 1 unspecified atom stereocenters. The van der Waals surface area contributed by atoms with E-state index in [2.05, 4.69) is 78.6 Å². The van der Waals surface area contributed by atoms with Crippen LogP contribution in [0.1, 0.15) is 69.9 Å². The Balaban J connectivity index is 2.54. The maximum absolute atomic E-state index is 10.9. The van der Waals surface area contributed by atoms with E-state index in [9.17, 15) is 10.2 Å². The van der Waals surface area contributed by atoms with E-state index in [4.69, 9.17) is 0 Å². The summed E-state index contributed by atoms with van der Waals surface area (Å²) < 4.78 is 1.78. The molecular formula is C21H28I2O2. The number of unbranched alkanes of at least 4 members (excludes halogenated alkanes) is 2. The highest BCUT2D eigenvalue weighted by atomic mass is 127. The fraction of sp³-hybridized carbons (Fsp3) is 0.524. The van der Waals surface area contributed by atoms with Gasteiger partial charge in [-0.2, -0.15) is 0 Å². The second kappa shape index (κ2) is 9.11. The average Bonchev–Trinajstić information content (AvgIpc) is 2.56. The Bertz CT molecular complexity index is 663. The summed E-state index contributed by atoms with van der Waals surface area (Å²) in [6, 6.07) is 0. The fourth-order valence-corrected chi connectivity index (χ4v) is 5.90. The number of aromatic hydroxyl groups is 2. The first-order chi connectivity index (χ1) is 11.8. The highest BCUT2D eigenvalue weighted by Crippen LogP contribution is 2.50. The molecule has 4 heteroatoms. The average molecular weight is 566 g/mol. The van der Waals surface area contributed by atoms with Crippen LogP contribution in [-0.4, -0.2) is 10.2 Å². The van der Waals surface area contributed by atoms with Gasteiger partial charge in [-0.15, -0.1) is 0 Å². The lowest BCUT2D eigenvalue weighted by molar-refractivity contribution is 0.401. The van der Waals surface area contributed by atoms with Gasteiger partial charge in [-0.05, 0) is 96.2 Å². The van der Waals surface area contributed by atoms with Crippen LogP contribution in [0.4, 0.5) is 0 Å². The van der Waals surface area contributed by atoms with Gasteiger partial charge in [0.15, 0.2) is 0 Å². The zero-order chi connectivity index (χ0) is 18.7. The highest BCUT2D eigenvalue weighted by molar-refractivity contribution is 14.1. The lowest BCUT2D eigenvalue weighted by atomic mass is 9.73. The molecule has 0 saturated heterocycles. The van der Waals surface area contributed by atoms with Crippen LogP contribution in [0.15, 0.2) is 23.8 Å². The molecule has 0 spiro atoms. The van der Waals surface area contributed by atoms with Crippen molar-refractivity contribution in [2.24, 2.45) is 5.92 Å². The number of hydrogen-bond acceptors (Lipinski definition) is 2. The first-order valence-corrected chi connectivity index (χ1v) is 11.2. The van der Waals surface area contributed by atoms with Gasteiger partial charge in [0, 0.05) is 11.5 Å². The monoisotopic (exact) mass is 566 g/mol. The largest absolute Gasteiger partial charge is 0.506 e. The second-order valence-electron chi connectivity index (χ2n) is 7.20. The molecule has 1 aromatic rings. The van der Waals surface area contributed by atoms with Crippen molar-refractivity contribution in [3.63, 3.8) is 0 Å². The quantitative estimate of drug-likeness (QED) is 0.220. The zero-order valence-corrected chi connectivity index (χ0v) is 19.6. The number of hydrogen-bond donors (Lipinski definition) is 2. The summed E-state index contributed by atoms with van der Waals surface area (Å²) in [5.41, 5.74) is 4.19. The number of phenols is 2. The third-order valence-electron chi connectivity index (χ3n) is 5.20. The molecule has 2 nitrogen and oxygen atoms in total. The van der Waals surface area contributed by atoms with Crippen LogP contribution in [0.5, 0.6) is 11.5 Å². The zero-order valence-electron chi connectivity index (χ0n) is 15.3. The van der Waals surface area contributed by atoms with Crippen LogP contribution >= 0.6 is 45.2 Å². The van der Waals surface area contributed by atoms with Crippen molar-refractivity contribution in [3.8, 4) is 11.5 Å². The minimum absolute atomic E-state index is 0.00188. The summed E-state index contributed by atoms with van der Waals surface area (Å²) in [6.45, 7) is 10.5. The van der Waals surface area contributed by atoms with Gasteiger partial charge in [0.05, 0.1) is 7.14 Å². The van der Waals surface area contributed by atoms with Crippen LogP contribution in [0, 0.1) is 13.1 Å². The Morgan fingerprint density at radius 3 is 2.32 bits per heavy atom. The summed E-state index contributed by atoms with van der Waals surface area (Å²) in [4.78, 5) is 0. The van der Waals surface area contributed by atoms with Crippen LogP contribution < -0.4 is 0 Å². The van der Waals surface area contributed by atoms with E-state index >= 15 is 0 Å². The normalized spacial score (nSPS) is 20.4. The SMILES string of the molecule is C=C(C)[C@@H]1CCC(C)=CC1c1c(O)c(I)c(CCCCC)c(I)c1O. The Morgan fingerprint density at radius 1 is 1.20 bits per heavy atom. The molecule has 2 atom stereocenters. The van der Waals surface area contributed by atoms with E-state index in [0.29, 0.717) is 5.56 Å². The molecule has 0 fully saturated rings. The van der Waals surface area contributed by atoms with Crippen LogP contribution in [-0.2, 0) is 6.42 Å². The van der Waals surface area contributed by atoms with E-state index in [1.54, 1.807) is 0 Å². The Morgan fingerprint density at radius 2 is 1.80 bits per heavy atom. The molecule has 0 aliphatic heterocycles. The number of phenolic OH excluding ortho intramolecular Hbond substituents is 2. The molecule has 0 saturated carbocycles. The third-order valence-corrected chi connectivity index (χ3v) is 7.52. The summed E-state index contributed by atoms with van der Waals surface area (Å²) >= 11 is 4.48. The predicted molar refractivity (Wildman–Crippen MR) is 122 cm³/mol. The van der Waals surface area contributed by atoms with Gasteiger partial charge in [0.25, 0.3) is 0 Å². The Labute approximate surface area is 179 Å². The fourth-order valence-electron chi connectivity index (χ4n) is 3.72. The van der Waals surface area contributed by atoms with Crippen molar-refractivity contribution in [1.29, 1.82) is 0 Å². The van der Waals surface area contributed by atoms with Gasteiger partial charge >= 0.3 is 0 Å². The smallest absolute Gasteiger partial charge is 0.136 e. The summed E-state index contributed by atoms with van der Waals surface area (Å²) in [6.07, 6.45) is 8.59. The maximum Gasteiger partial charge on any atom is 0.136 e. The van der Waals surface area contributed by atoms with E-state index in [-0.39, 0.29) is 23.3 Å². The topological polar surface area (TPSA) is 40.5 Å². The molecule has 0 amide bonds. The van der Waals surface area contributed by atoms with Gasteiger partial charge in [-0.1, -0.05) is 43.6 Å². The number of allylic oxidation sites excluding steroid dienone is 3. The number of halogens is 2. The van der Waals surface area contributed by atoms with E-state index in [1.807, 2.05) is 0 Å². The molecule has 2 N–H and O–H groups in total. The van der Waals surface area contributed by atoms with Gasteiger partial charge in [-0.3, -0.25) is 0 Å². The minimum Gasteiger partial charge on any atom is -0.506 e. The van der Waals surface area contributed by atoms with Gasteiger partial charge < -0.3 is 10.2 Å². The van der Waals surface area contributed by atoms with Crippen molar-refractivity contribution in [3.05, 3.63) is 42.1 Å². The molecule has 0 radical (unpaired) electrons. The molecule has 0 heterocycles. The molecular weight excluding hydrogens is 538 g/mol. The molecule has 138 valence electrons. The number of rotatable bonds is 6. The molecule has 2 rings (SSSR count). The molecule has 1 aliphatic carbocycles. The second-order valence-corrected chi connectivity index (χ2v) is 9.36. The van der Waals surface area contributed by atoms with Crippen molar-refractivity contribution < 1.29 is 10.2 Å².